The largest absolute Gasteiger partial charge is 0.486 e. The van der Waals surface area contributed by atoms with E-state index in [2.05, 4.69) is 26.6 Å². The van der Waals surface area contributed by atoms with Crippen LogP contribution in [-0.4, -0.2) is 31.8 Å². The molecule has 2 amide bonds. The van der Waals surface area contributed by atoms with Gasteiger partial charge in [0.1, 0.15) is 6.61 Å². The maximum Gasteiger partial charge on any atom is 0.314 e. The predicted octanol–water partition coefficient (Wildman–Crippen LogP) is 3.13. The van der Waals surface area contributed by atoms with Crippen LogP contribution >= 0.6 is 15.9 Å². The van der Waals surface area contributed by atoms with Crippen LogP contribution in [0.3, 0.4) is 0 Å². The summed E-state index contributed by atoms with van der Waals surface area (Å²) in [5, 5.41) is 5.67. The van der Waals surface area contributed by atoms with E-state index in [9.17, 15) is 4.79 Å². The Morgan fingerprint density at radius 2 is 1.83 bits per heavy atom. The Labute approximate surface area is 149 Å². The Hall–Kier alpha value is -2.21. The third-order valence-electron chi connectivity index (χ3n) is 3.70. The second-order valence-corrected chi connectivity index (χ2v) is 6.33. The molecular weight excluding hydrogens is 372 g/mol. The smallest absolute Gasteiger partial charge is 0.314 e. The van der Waals surface area contributed by atoms with Crippen LogP contribution < -0.4 is 20.1 Å². The van der Waals surface area contributed by atoms with Crippen molar-refractivity contribution in [2.75, 3.05) is 19.7 Å². The summed E-state index contributed by atoms with van der Waals surface area (Å²) >= 11 is 3.50. The van der Waals surface area contributed by atoms with Gasteiger partial charge in [0, 0.05) is 11.0 Å². The lowest BCUT2D eigenvalue weighted by atomic mass is 10.1. The Bertz CT molecular complexity index is 708. The molecule has 2 N–H and O–H groups in total. The Morgan fingerprint density at radius 1 is 1.08 bits per heavy atom. The number of fused-ring (bicyclic) bond motifs is 1. The van der Waals surface area contributed by atoms with Gasteiger partial charge in [0.05, 0.1) is 6.54 Å². The molecule has 1 heterocycles. The van der Waals surface area contributed by atoms with Gasteiger partial charge in [-0.15, -0.1) is 0 Å². The van der Waals surface area contributed by atoms with Gasteiger partial charge in [-0.3, -0.25) is 0 Å². The molecule has 1 aliphatic heterocycles. The van der Waals surface area contributed by atoms with Gasteiger partial charge in [0.2, 0.25) is 0 Å². The average Bonchev–Trinajstić information content (AvgIpc) is 2.61. The van der Waals surface area contributed by atoms with Gasteiger partial charge in [-0.25, -0.2) is 4.79 Å². The highest BCUT2D eigenvalue weighted by Crippen LogP contribution is 2.30. The molecule has 0 spiro atoms. The van der Waals surface area contributed by atoms with Crippen molar-refractivity contribution in [3.05, 3.63) is 58.6 Å². The standard InChI is InChI=1S/C18H19BrN2O3/c19-15-6-2-1-5-13(15)9-10-20-18(22)21-11-14-12-23-16-7-3-4-8-17(16)24-14/h1-8,14H,9-12H2,(H2,20,21,22). The van der Waals surface area contributed by atoms with Crippen molar-refractivity contribution in [2.24, 2.45) is 0 Å². The minimum absolute atomic E-state index is 0.186. The van der Waals surface area contributed by atoms with Gasteiger partial charge in [-0.2, -0.15) is 0 Å². The highest BCUT2D eigenvalue weighted by Gasteiger charge is 2.20. The van der Waals surface area contributed by atoms with E-state index >= 15 is 0 Å². The second-order valence-electron chi connectivity index (χ2n) is 5.48. The van der Waals surface area contributed by atoms with E-state index in [0.29, 0.717) is 25.4 Å². The number of amides is 2. The molecule has 1 atom stereocenters. The molecular formula is C18H19BrN2O3. The van der Waals surface area contributed by atoms with Crippen LogP contribution in [0.2, 0.25) is 0 Å². The summed E-state index contributed by atoms with van der Waals surface area (Å²) in [5.41, 5.74) is 1.17. The van der Waals surface area contributed by atoms with Crippen molar-refractivity contribution in [2.45, 2.75) is 12.5 Å². The summed E-state index contributed by atoms with van der Waals surface area (Å²) in [4.78, 5) is 11.9. The summed E-state index contributed by atoms with van der Waals surface area (Å²) in [5.74, 6) is 1.46. The maximum atomic E-state index is 11.9. The lowest BCUT2D eigenvalue weighted by Gasteiger charge is -2.26. The zero-order chi connectivity index (χ0) is 16.8. The number of carbonyl (C=O) groups excluding carboxylic acids is 1. The van der Waals surface area contributed by atoms with Crippen LogP contribution in [0.5, 0.6) is 11.5 Å². The van der Waals surface area contributed by atoms with Crippen molar-refractivity contribution in [3.8, 4) is 11.5 Å². The lowest BCUT2D eigenvalue weighted by Crippen LogP contribution is -2.44. The average molecular weight is 391 g/mol. The highest BCUT2D eigenvalue weighted by molar-refractivity contribution is 9.10. The van der Waals surface area contributed by atoms with Crippen LogP contribution in [0, 0.1) is 0 Å². The second kappa shape index (κ2) is 8.06. The van der Waals surface area contributed by atoms with Gasteiger partial charge in [-0.05, 0) is 30.2 Å². The monoisotopic (exact) mass is 390 g/mol. The van der Waals surface area contributed by atoms with Crippen molar-refractivity contribution < 1.29 is 14.3 Å². The molecule has 3 rings (SSSR count). The van der Waals surface area contributed by atoms with E-state index in [0.717, 1.165) is 16.6 Å². The van der Waals surface area contributed by atoms with Crippen LogP contribution in [0.15, 0.2) is 53.0 Å². The van der Waals surface area contributed by atoms with E-state index in [-0.39, 0.29) is 12.1 Å². The molecule has 0 saturated carbocycles. The molecule has 0 saturated heterocycles. The Balaban J connectivity index is 1.38. The van der Waals surface area contributed by atoms with E-state index in [1.54, 1.807) is 0 Å². The van der Waals surface area contributed by atoms with Crippen molar-refractivity contribution in [3.63, 3.8) is 0 Å². The topological polar surface area (TPSA) is 59.6 Å². The van der Waals surface area contributed by atoms with E-state index in [1.807, 2.05) is 48.5 Å². The van der Waals surface area contributed by atoms with Gasteiger partial charge in [-0.1, -0.05) is 46.3 Å². The first-order valence-corrected chi connectivity index (χ1v) is 8.65. The van der Waals surface area contributed by atoms with Crippen LogP contribution in [0.25, 0.3) is 0 Å². The Morgan fingerprint density at radius 3 is 2.67 bits per heavy atom. The quantitative estimate of drug-likeness (QED) is 0.824. The van der Waals surface area contributed by atoms with Gasteiger partial charge in [0.25, 0.3) is 0 Å². The van der Waals surface area contributed by atoms with Crippen LogP contribution in [0.4, 0.5) is 4.79 Å². The first-order valence-electron chi connectivity index (χ1n) is 7.86. The number of para-hydroxylation sites is 2. The van der Waals surface area contributed by atoms with Gasteiger partial charge in [0.15, 0.2) is 17.6 Å². The first kappa shape index (κ1) is 16.6. The predicted molar refractivity (Wildman–Crippen MR) is 95.6 cm³/mol. The van der Waals surface area contributed by atoms with E-state index < -0.39 is 0 Å². The van der Waals surface area contributed by atoms with Crippen LogP contribution in [0.1, 0.15) is 5.56 Å². The number of carbonyl (C=O) groups is 1. The lowest BCUT2D eigenvalue weighted by molar-refractivity contribution is 0.0918. The molecule has 0 radical (unpaired) electrons. The SMILES string of the molecule is O=C(NCCc1ccccc1Br)NCC1COc2ccccc2O1. The van der Waals surface area contributed by atoms with Crippen LogP contribution in [-0.2, 0) is 6.42 Å². The zero-order valence-corrected chi connectivity index (χ0v) is 14.7. The van der Waals surface area contributed by atoms with Crippen molar-refractivity contribution >= 4 is 22.0 Å². The summed E-state index contributed by atoms with van der Waals surface area (Å²) < 4.78 is 12.5. The number of nitrogens with one attached hydrogen (secondary N) is 2. The fourth-order valence-corrected chi connectivity index (χ4v) is 2.93. The number of hydrogen-bond acceptors (Lipinski definition) is 3. The highest BCUT2D eigenvalue weighted by atomic mass is 79.9. The number of rotatable bonds is 5. The maximum absolute atomic E-state index is 11.9. The first-order chi connectivity index (χ1) is 11.7. The molecule has 6 heteroatoms. The fraction of sp³-hybridized carbons (Fsp3) is 0.278. The molecule has 126 valence electrons. The summed E-state index contributed by atoms with van der Waals surface area (Å²) in [6.45, 7) is 1.39. The number of ether oxygens (including phenoxy) is 2. The van der Waals surface area contributed by atoms with Gasteiger partial charge >= 0.3 is 6.03 Å². The fourth-order valence-electron chi connectivity index (χ4n) is 2.44. The third kappa shape index (κ3) is 4.41. The number of hydrogen-bond donors (Lipinski definition) is 2. The number of halogens is 1. The molecule has 2 aromatic rings. The molecule has 1 unspecified atom stereocenters. The molecule has 24 heavy (non-hydrogen) atoms. The zero-order valence-electron chi connectivity index (χ0n) is 13.1. The van der Waals surface area contributed by atoms with Crippen molar-refractivity contribution in [1.82, 2.24) is 10.6 Å². The van der Waals surface area contributed by atoms with Crippen molar-refractivity contribution in [1.29, 1.82) is 0 Å². The molecule has 5 nitrogen and oxygen atoms in total. The molecule has 1 aliphatic rings. The van der Waals surface area contributed by atoms with E-state index in [4.69, 9.17) is 9.47 Å². The molecule has 2 aromatic carbocycles. The normalized spacial score (nSPS) is 15.6. The third-order valence-corrected chi connectivity index (χ3v) is 4.47. The summed E-state index contributed by atoms with van der Waals surface area (Å²) in [6.07, 6.45) is 0.583. The Kier molecular flexibility index (Phi) is 5.59. The number of urea groups is 1. The van der Waals surface area contributed by atoms with Gasteiger partial charge < -0.3 is 20.1 Å². The summed E-state index contributed by atoms with van der Waals surface area (Å²) in [7, 11) is 0. The molecule has 0 fully saturated rings. The minimum atomic E-state index is -0.204. The number of benzene rings is 2. The van der Waals surface area contributed by atoms with E-state index in [1.165, 1.54) is 5.56 Å². The molecule has 0 bridgehead atoms. The summed E-state index contributed by atoms with van der Waals surface area (Å²) in [6, 6.07) is 15.3. The minimum Gasteiger partial charge on any atom is -0.486 e. The molecule has 0 aromatic heterocycles. The molecule has 0 aliphatic carbocycles.